The van der Waals surface area contributed by atoms with Gasteiger partial charge in [-0.1, -0.05) is 30.3 Å². The molecule has 0 heterocycles. The third-order valence-corrected chi connectivity index (χ3v) is 6.35. The Kier molecular flexibility index (Phi) is 11.8. The molecule has 0 saturated heterocycles. The monoisotopic (exact) mass is 348 g/mol. The molecule has 1 atom stereocenters. The lowest BCUT2D eigenvalue weighted by Crippen LogP contribution is -2.47. The van der Waals surface area contributed by atoms with Gasteiger partial charge in [0.2, 0.25) is 0 Å². The molecule has 0 saturated carbocycles. The zero-order valence-corrected chi connectivity index (χ0v) is 15.3. The molecule has 0 spiro atoms. The second-order valence-electron chi connectivity index (χ2n) is 4.99. The normalized spacial score (nSPS) is 12.7. The zero-order chi connectivity index (χ0) is 15.6. The van der Waals surface area contributed by atoms with Gasteiger partial charge in [0.05, 0.1) is 6.10 Å². The van der Waals surface area contributed by atoms with Crippen LogP contribution in [0.2, 0.25) is 6.04 Å². The summed E-state index contributed by atoms with van der Waals surface area (Å²) in [5.74, 6) is 0. The summed E-state index contributed by atoms with van der Waals surface area (Å²) in [6.07, 6.45) is 2.41. The highest BCUT2D eigenvalue weighted by atomic mass is 35.5. The standard InChI is InChI=1S/C15H28N2O3Si.ClH/c1-18-21(19-2,12-6-10-16)20-15(9-11-17)13-14-7-4-3-5-8-14;/h3-5,7-8,15H,6,9-13,16-17H2,1-2H3;1H. The summed E-state index contributed by atoms with van der Waals surface area (Å²) in [7, 11) is 0.640. The number of hydrogen-bond donors (Lipinski definition) is 2. The van der Waals surface area contributed by atoms with Crippen molar-refractivity contribution in [1.29, 1.82) is 0 Å². The first-order chi connectivity index (χ1) is 10.2. The van der Waals surface area contributed by atoms with E-state index in [-0.39, 0.29) is 18.5 Å². The van der Waals surface area contributed by atoms with E-state index >= 15 is 0 Å². The van der Waals surface area contributed by atoms with Crippen molar-refractivity contribution in [3.8, 4) is 0 Å². The highest BCUT2D eigenvalue weighted by Gasteiger charge is 2.40. The van der Waals surface area contributed by atoms with E-state index in [1.54, 1.807) is 14.2 Å². The average Bonchev–Trinajstić information content (AvgIpc) is 2.52. The number of halogens is 1. The largest absolute Gasteiger partial charge is 0.500 e. The van der Waals surface area contributed by atoms with Crippen molar-refractivity contribution in [2.75, 3.05) is 27.3 Å². The maximum atomic E-state index is 6.24. The van der Waals surface area contributed by atoms with E-state index in [0.29, 0.717) is 13.1 Å². The van der Waals surface area contributed by atoms with Crippen LogP contribution in [0.15, 0.2) is 30.3 Å². The second-order valence-corrected chi connectivity index (χ2v) is 7.91. The first kappa shape index (κ1) is 21.5. The summed E-state index contributed by atoms with van der Waals surface area (Å²) in [6, 6.07) is 11.0. The second kappa shape index (κ2) is 12.0. The van der Waals surface area contributed by atoms with Crippen LogP contribution in [0.1, 0.15) is 18.4 Å². The van der Waals surface area contributed by atoms with Crippen LogP contribution in [0, 0.1) is 0 Å². The van der Waals surface area contributed by atoms with Crippen LogP contribution in [0.5, 0.6) is 0 Å². The van der Waals surface area contributed by atoms with Gasteiger partial charge >= 0.3 is 8.80 Å². The number of nitrogens with two attached hydrogens (primary N) is 2. The van der Waals surface area contributed by atoms with E-state index in [1.807, 2.05) is 18.2 Å². The highest BCUT2D eigenvalue weighted by molar-refractivity contribution is 6.60. The van der Waals surface area contributed by atoms with Gasteiger partial charge in [-0.3, -0.25) is 0 Å². The fourth-order valence-corrected chi connectivity index (χ4v) is 4.51. The van der Waals surface area contributed by atoms with Crippen molar-refractivity contribution >= 4 is 21.2 Å². The van der Waals surface area contributed by atoms with E-state index in [4.69, 9.17) is 24.7 Å². The number of benzene rings is 1. The maximum Gasteiger partial charge on any atom is 0.500 e. The summed E-state index contributed by atoms with van der Waals surface area (Å²) in [5, 5.41) is 0. The van der Waals surface area contributed by atoms with Crippen LogP contribution in [0.3, 0.4) is 0 Å². The Bertz CT molecular complexity index is 380. The minimum absolute atomic E-state index is 0. The fourth-order valence-electron chi connectivity index (χ4n) is 2.28. The van der Waals surface area contributed by atoms with E-state index in [0.717, 1.165) is 25.3 Å². The van der Waals surface area contributed by atoms with Gasteiger partial charge in [-0.25, -0.2) is 0 Å². The summed E-state index contributed by atoms with van der Waals surface area (Å²) in [4.78, 5) is 0. The molecule has 5 nitrogen and oxygen atoms in total. The Morgan fingerprint density at radius 3 is 2.18 bits per heavy atom. The van der Waals surface area contributed by atoms with Crippen molar-refractivity contribution in [3.05, 3.63) is 35.9 Å². The van der Waals surface area contributed by atoms with Crippen LogP contribution in [0.25, 0.3) is 0 Å². The van der Waals surface area contributed by atoms with Gasteiger partial charge in [-0.2, -0.15) is 0 Å². The summed E-state index contributed by atoms with van der Waals surface area (Å²) in [6.45, 7) is 1.18. The molecule has 0 aromatic heterocycles. The number of rotatable bonds is 11. The van der Waals surface area contributed by atoms with E-state index in [1.165, 1.54) is 5.56 Å². The molecular formula is C15H29ClN2O3Si. The lowest BCUT2D eigenvalue weighted by atomic mass is 10.1. The molecule has 4 N–H and O–H groups in total. The molecule has 128 valence electrons. The highest BCUT2D eigenvalue weighted by Crippen LogP contribution is 2.21. The summed E-state index contributed by atoms with van der Waals surface area (Å²) in [5.41, 5.74) is 12.5. The Hall–Kier alpha value is -0.473. The molecule has 1 aromatic rings. The lowest BCUT2D eigenvalue weighted by Gasteiger charge is -2.31. The van der Waals surface area contributed by atoms with Crippen molar-refractivity contribution in [2.24, 2.45) is 11.5 Å². The topological polar surface area (TPSA) is 79.7 Å². The quantitative estimate of drug-likeness (QED) is 0.597. The third kappa shape index (κ3) is 7.19. The van der Waals surface area contributed by atoms with E-state index < -0.39 is 8.80 Å². The smallest absolute Gasteiger partial charge is 0.377 e. The molecule has 1 aromatic carbocycles. The molecule has 0 radical (unpaired) electrons. The van der Waals surface area contributed by atoms with Gasteiger partial charge in [-0.05, 0) is 37.9 Å². The average molecular weight is 349 g/mol. The van der Waals surface area contributed by atoms with Gasteiger partial charge < -0.3 is 24.7 Å². The fraction of sp³-hybridized carbons (Fsp3) is 0.600. The molecule has 22 heavy (non-hydrogen) atoms. The predicted octanol–water partition coefficient (Wildman–Crippen LogP) is 1.97. The molecule has 1 unspecified atom stereocenters. The SMILES string of the molecule is CO[Si](CCCN)(OC)OC(CCN)Cc1ccccc1.Cl. The van der Waals surface area contributed by atoms with Crippen LogP contribution in [0.4, 0.5) is 0 Å². The Labute approximate surface area is 141 Å². The molecule has 0 fully saturated rings. The molecule has 0 aliphatic carbocycles. The zero-order valence-electron chi connectivity index (χ0n) is 13.5. The predicted molar refractivity (Wildman–Crippen MR) is 94.2 cm³/mol. The Morgan fingerprint density at radius 2 is 1.68 bits per heavy atom. The Balaban J connectivity index is 0.00000441. The van der Waals surface area contributed by atoms with Gasteiger partial charge in [0, 0.05) is 20.3 Å². The minimum Gasteiger partial charge on any atom is -0.377 e. The van der Waals surface area contributed by atoms with Crippen LogP contribution >= 0.6 is 12.4 Å². The van der Waals surface area contributed by atoms with E-state index in [2.05, 4.69) is 12.1 Å². The lowest BCUT2D eigenvalue weighted by molar-refractivity contribution is 0.0520. The van der Waals surface area contributed by atoms with Gasteiger partial charge in [0.1, 0.15) is 0 Å². The third-order valence-electron chi connectivity index (χ3n) is 3.45. The first-order valence-corrected chi connectivity index (χ1v) is 9.35. The van der Waals surface area contributed by atoms with E-state index in [9.17, 15) is 0 Å². The molecule has 0 aliphatic heterocycles. The molecule has 1 rings (SSSR count). The first-order valence-electron chi connectivity index (χ1n) is 7.42. The molecule has 7 heteroatoms. The summed E-state index contributed by atoms with van der Waals surface area (Å²) >= 11 is 0. The maximum absolute atomic E-state index is 6.24. The molecule has 0 bridgehead atoms. The van der Waals surface area contributed by atoms with Crippen molar-refractivity contribution in [2.45, 2.75) is 31.4 Å². The van der Waals surface area contributed by atoms with Crippen molar-refractivity contribution in [3.63, 3.8) is 0 Å². The molecule has 0 amide bonds. The van der Waals surface area contributed by atoms with Gasteiger partial charge in [0.25, 0.3) is 0 Å². The van der Waals surface area contributed by atoms with Gasteiger partial charge in [0.15, 0.2) is 0 Å². The van der Waals surface area contributed by atoms with Crippen LogP contribution in [-0.4, -0.2) is 42.2 Å². The Morgan fingerprint density at radius 1 is 1.05 bits per heavy atom. The van der Waals surface area contributed by atoms with Crippen molar-refractivity contribution < 1.29 is 13.3 Å². The molecule has 0 aliphatic rings. The van der Waals surface area contributed by atoms with Crippen molar-refractivity contribution in [1.82, 2.24) is 0 Å². The van der Waals surface area contributed by atoms with Gasteiger partial charge in [-0.15, -0.1) is 12.4 Å². The van der Waals surface area contributed by atoms with Crippen LogP contribution in [-0.2, 0) is 19.7 Å². The minimum atomic E-state index is -2.65. The number of hydrogen-bond acceptors (Lipinski definition) is 5. The summed E-state index contributed by atoms with van der Waals surface area (Å²) < 4.78 is 17.4. The van der Waals surface area contributed by atoms with Crippen LogP contribution < -0.4 is 11.5 Å². The molecular weight excluding hydrogens is 320 g/mol.